The van der Waals surface area contributed by atoms with Crippen molar-refractivity contribution in [2.45, 2.75) is 71.6 Å². The standard InChI is InChI=1S/C31H30ClF3N2O6.C6H14O/c1-40-25-13-23(14-26(15-25)42-17-18-11-21(12-18)30(39)41-2)36-28(20-3-6-22(32)7-4-20)29(38)37-10-9-19-5-8-24(16-27(19)37)43-31(33,34)35;1-5(2)7-6(3)4/h3-8,13-16,18,21,28,36H,9-12,17H2,1-2H3;5-6H,1-4H3/t18?,21?,28-;/m1./s1. The Morgan fingerprint density at radius 2 is 1.58 bits per heavy atom. The molecule has 2 aliphatic rings. The van der Waals surface area contributed by atoms with Crippen molar-refractivity contribution < 1.29 is 46.4 Å². The molecule has 3 aromatic carbocycles. The third-order valence-electron chi connectivity index (χ3n) is 8.13. The Labute approximate surface area is 295 Å². The van der Waals surface area contributed by atoms with Gasteiger partial charge in [-0.15, -0.1) is 13.2 Å². The smallest absolute Gasteiger partial charge is 0.497 e. The topological polar surface area (TPSA) is 95.6 Å². The van der Waals surface area contributed by atoms with Crippen molar-refractivity contribution >= 4 is 34.9 Å². The number of halogens is 4. The van der Waals surface area contributed by atoms with E-state index in [0.29, 0.717) is 71.5 Å². The lowest BCUT2D eigenvalue weighted by molar-refractivity contribution is -0.274. The van der Waals surface area contributed by atoms with Crippen LogP contribution in [0.4, 0.5) is 24.5 Å². The second-order valence-corrected chi connectivity index (χ2v) is 13.1. The number of nitrogens with zero attached hydrogens (tertiary/aromatic N) is 1. The van der Waals surface area contributed by atoms with E-state index in [1.165, 1.54) is 37.3 Å². The highest BCUT2D eigenvalue weighted by molar-refractivity contribution is 6.30. The van der Waals surface area contributed by atoms with Crippen LogP contribution in [0.5, 0.6) is 17.2 Å². The number of fused-ring (bicyclic) bond motifs is 1. The van der Waals surface area contributed by atoms with Crippen molar-refractivity contribution in [1.82, 2.24) is 0 Å². The first kappa shape index (κ1) is 38.6. The average molecular weight is 721 g/mol. The molecule has 1 fully saturated rings. The molecule has 50 heavy (non-hydrogen) atoms. The molecule has 1 aliphatic carbocycles. The molecule has 0 bridgehead atoms. The second kappa shape index (κ2) is 17.2. The zero-order valence-electron chi connectivity index (χ0n) is 29.0. The van der Waals surface area contributed by atoms with Gasteiger partial charge in [0.15, 0.2) is 0 Å². The largest absolute Gasteiger partial charge is 0.573 e. The van der Waals surface area contributed by atoms with Crippen LogP contribution >= 0.6 is 11.6 Å². The summed E-state index contributed by atoms with van der Waals surface area (Å²) in [6, 6.07) is 15.0. The summed E-state index contributed by atoms with van der Waals surface area (Å²) < 4.78 is 64.3. The van der Waals surface area contributed by atoms with Gasteiger partial charge in [0.1, 0.15) is 23.3 Å². The van der Waals surface area contributed by atoms with E-state index < -0.39 is 18.2 Å². The van der Waals surface area contributed by atoms with Crippen LogP contribution in [0.1, 0.15) is 57.7 Å². The fourth-order valence-corrected chi connectivity index (χ4v) is 6.02. The molecule has 3 aromatic rings. The third kappa shape index (κ3) is 10.9. The summed E-state index contributed by atoms with van der Waals surface area (Å²) in [5.74, 6) is 0.0945. The van der Waals surface area contributed by atoms with E-state index in [-0.39, 0.29) is 30.3 Å². The molecule has 0 radical (unpaired) electrons. The van der Waals surface area contributed by atoms with E-state index in [2.05, 4.69) is 10.1 Å². The summed E-state index contributed by atoms with van der Waals surface area (Å²) in [6.45, 7) is 8.85. The van der Waals surface area contributed by atoms with Gasteiger partial charge < -0.3 is 33.9 Å². The molecular weight excluding hydrogens is 677 g/mol. The monoisotopic (exact) mass is 720 g/mol. The maximum absolute atomic E-state index is 14.1. The molecule has 1 aliphatic heterocycles. The van der Waals surface area contributed by atoms with Gasteiger partial charge in [-0.05, 0) is 82.2 Å². The van der Waals surface area contributed by atoms with Gasteiger partial charge in [0.25, 0.3) is 5.91 Å². The summed E-state index contributed by atoms with van der Waals surface area (Å²) in [7, 11) is 2.89. The Morgan fingerprint density at radius 1 is 0.920 bits per heavy atom. The maximum Gasteiger partial charge on any atom is 0.573 e. The highest BCUT2D eigenvalue weighted by atomic mass is 35.5. The number of carbonyl (C=O) groups is 2. The van der Waals surface area contributed by atoms with E-state index >= 15 is 0 Å². The summed E-state index contributed by atoms with van der Waals surface area (Å²) in [4.78, 5) is 27.2. The number of methoxy groups -OCH3 is 2. The van der Waals surface area contributed by atoms with Crippen molar-refractivity contribution in [3.63, 3.8) is 0 Å². The van der Waals surface area contributed by atoms with Crippen LogP contribution in [-0.4, -0.2) is 57.8 Å². The highest BCUT2D eigenvalue weighted by Gasteiger charge is 2.36. The number of hydrogen-bond donors (Lipinski definition) is 1. The molecule has 0 saturated heterocycles. The molecule has 13 heteroatoms. The number of ether oxygens (including phenoxy) is 5. The zero-order chi connectivity index (χ0) is 36.6. The number of esters is 1. The zero-order valence-corrected chi connectivity index (χ0v) is 29.8. The molecule has 1 amide bonds. The van der Waals surface area contributed by atoms with Crippen LogP contribution in [0, 0.1) is 11.8 Å². The maximum atomic E-state index is 14.1. The Balaban J connectivity index is 0.000000727. The number of rotatable bonds is 12. The van der Waals surface area contributed by atoms with Crippen molar-refractivity contribution in [2.75, 3.05) is 37.6 Å². The summed E-state index contributed by atoms with van der Waals surface area (Å²) in [6.07, 6.45) is -2.26. The number of carbonyl (C=O) groups excluding carboxylic acids is 2. The first-order valence-corrected chi connectivity index (χ1v) is 16.8. The van der Waals surface area contributed by atoms with E-state index in [0.717, 1.165) is 5.56 Å². The first-order valence-electron chi connectivity index (χ1n) is 16.4. The van der Waals surface area contributed by atoms with E-state index in [4.69, 9.17) is 30.5 Å². The van der Waals surface area contributed by atoms with Crippen molar-refractivity contribution in [1.29, 1.82) is 0 Å². The number of alkyl halides is 3. The average Bonchev–Trinajstić information content (AvgIpc) is 3.45. The molecule has 1 saturated carbocycles. The SMILES string of the molecule is CC(C)OC(C)C.COC(=O)C1CC(COc2cc(N[C@@H](C(=O)N3CCc4ccc(OC(F)(F)F)cc43)c3ccc(Cl)cc3)cc(OC)c2)C1. The minimum atomic E-state index is -4.86. The minimum Gasteiger partial charge on any atom is -0.497 e. The predicted molar refractivity (Wildman–Crippen MR) is 185 cm³/mol. The van der Waals surface area contributed by atoms with Gasteiger partial charge in [-0.1, -0.05) is 29.8 Å². The third-order valence-corrected chi connectivity index (χ3v) is 8.38. The van der Waals surface area contributed by atoms with Crippen LogP contribution in [0.25, 0.3) is 0 Å². The van der Waals surface area contributed by atoms with Crippen LogP contribution in [0.3, 0.4) is 0 Å². The molecule has 272 valence electrons. The van der Waals surface area contributed by atoms with Gasteiger partial charge in [0.05, 0.1) is 44.6 Å². The molecule has 0 unspecified atom stereocenters. The Morgan fingerprint density at radius 3 is 2.16 bits per heavy atom. The molecule has 5 rings (SSSR count). The Hall–Kier alpha value is -4.16. The predicted octanol–water partition coefficient (Wildman–Crippen LogP) is 8.39. The Kier molecular flexibility index (Phi) is 13.3. The lowest BCUT2D eigenvalue weighted by Gasteiger charge is -2.33. The fraction of sp³-hybridized carbons (Fsp3) is 0.459. The molecule has 0 spiro atoms. The van der Waals surface area contributed by atoms with E-state index in [1.54, 1.807) is 42.5 Å². The second-order valence-electron chi connectivity index (χ2n) is 12.7. The number of nitrogens with one attached hydrogen (secondary N) is 1. The number of hydrogen-bond acceptors (Lipinski definition) is 8. The van der Waals surface area contributed by atoms with Crippen LogP contribution in [0.15, 0.2) is 60.7 Å². The quantitative estimate of drug-likeness (QED) is 0.187. The molecular formula is C37H44ClF3N2O7. The summed E-state index contributed by atoms with van der Waals surface area (Å²) in [5, 5.41) is 3.75. The molecule has 1 atom stereocenters. The lowest BCUT2D eigenvalue weighted by Crippen LogP contribution is -2.37. The number of anilines is 2. The van der Waals surface area contributed by atoms with E-state index in [9.17, 15) is 22.8 Å². The van der Waals surface area contributed by atoms with Gasteiger partial charge in [0.2, 0.25) is 0 Å². The van der Waals surface area contributed by atoms with Gasteiger partial charge in [-0.2, -0.15) is 0 Å². The lowest BCUT2D eigenvalue weighted by atomic mass is 9.75. The van der Waals surface area contributed by atoms with Crippen molar-refractivity contribution in [3.8, 4) is 17.2 Å². The number of benzene rings is 3. The number of amides is 1. The highest BCUT2D eigenvalue weighted by Crippen LogP contribution is 2.38. The molecule has 1 N–H and O–H groups in total. The Bertz CT molecular complexity index is 1590. The molecule has 0 aromatic heterocycles. The van der Waals surface area contributed by atoms with Gasteiger partial charge in [-0.25, -0.2) is 0 Å². The molecule has 1 heterocycles. The fourth-order valence-electron chi connectivity index (χ4n) is 5.90. The van der Waals surface area contributed by atoms with Crippen molar-refractivity contribution in [3.05, 3.63) is 76.8 Å². The van der Waals surface area contributed by atoms with Gasteiger partial charge in [0, 0.05) is 41.5 Å². The minimum absolute atomic E-state index is 0.112. The van der Waals surface area contributed by atoms with E-state index in [1.807, 2.05) is 27.7 Å². The normalized spacial score (nSPS) is 17.2. The van der Waals surface area contributed by atoms with Crippen LogP contribution in [0.2, 0.25) is 5.02 Å². The summed E-state index contributed by atoms with van der Waals surface area (Å²) in [5.41, 5.74) is 2.21. The van der Waals surface area contributed by atoms with Gasteiger partial charge in [-0.3, -0.25) is 9.59 Å². The van der Waals surface area contributed by atoms with Crippen molar-refractivity contribution in [2.24, 2.45) is 11.8 Å². The summed E-state index contributed by atoms with van der Waals surface area (Å²) >= 11 is 6.11. The van der Waals surface area contributed by atoms with Crippen LogP contribution < -0.4 is 24.4 Å². The van der Waals surface area contributed by atoms with Crippen LogP contribution in [-0.2, 0) is 25.5 Å². The van der Waals surface area contributed by atoms with Gasteiger partial charge >= 0.3 is 12.3 Å². The molecule has 9 nitrogen and oxygen atoms in total. The first-order chi connectivity index (χ1) is 23.6.